The third-order valence-electron chi connectivity index (χ3n) is 4.85. The molecule has 0 radical (unpaired) electrons. The zero-order chi connectivity index (χ0) is 18.0. The second-order valence-electron chi connectivity index (χ2n) is 6.46. The van der Waals surface area contributed by atoms with E-state index in [9.17, 15) is 4.79 Å². The van der Waals surface area contributed by atoms with Crippen molar-refractivity contribution in [2.75, 3.05) is 0 Å². The molecule has 0 saturated heterocycles. The van der Waals surface area contributed by atoms with Crippen LogP contribution in [-0.4, -0.2) is 6.29 Å². The number of rotatable bonds is 5. The highest BCUT2D eigenvalue weighted by molar-refractivity contribution is 7.18. The van der Waals surface area contributed by atoms with Crippen molar-refractivity contribution >= 4 is 17.6 Å². The van der Waals surface area contributed by atoms with Crippen LogP contribution in [0.1, 0.15) is 46.5 Å². The molecule has 2 aromatic carbocycles. The molecule has 0 aliphatic carbocycles. The fourth-order valence-electron chi connectivity index (χ4n) is 3.48. The molecule has 1 heterocycles. The Morgan fingerprint density at radius 1 is 0.880 bits per heavy atom. The average molecular weight is 349 g/mol. The molecule has 0 amide bonds. The van der Waals surface area contributed by atoms with E-state index in [0.29, 0.717) is 0 Å². The minimum atomic E-state index is 0.843. The van der Waals surface area contributed by atoms with E-state index < -0.39 is 0 Å². The van der Waals surface area contributed by atoms with Gasteiger partial charge in [0.2, 0.25) is 0 Å². The number of thiophene rings is 1. The number of benzene rings is 2. The molecule has 0 N–H and O–H groups in total. The standard InChI is InChI=1S/C23H24OS/c1-5-17-9-7-8-15(3)23(17)22-11-10-21(25-22)19-12-16(4)20(14-24)18(6-2)13-19/h7-14H,5-6H2,1-4H3. The highest BCUT2D eigenvalue weighted by Crippen LogP contribution is 2.38. The Balaban J connectivity index is 2.09. The lowest BCUT2D eigenvalue weighted by Crippen LogP contribution is -1.95. The van der Waals surface area contributed by atoms with Crippen LogP contribution in [0.3, 0.4) is 0 Å². The van der Waals surface area contributed by atoms with E-state index in [1.807, 2.05) is 18.3 Å². The molecule has 0 unspecified atom stereocenters. The lowest BCUT2D eigenvalue weighted by Gasteiger charge is -2.10. The van der Waals surface area contributed by atoms with Crippen molar-refractivity contribution in [1.29, 1.82) is 0 Å². The maximum absolute atomic E-state index is 11.4. The highest BCUT2D eigenvalue weighted by Gasteiger charge is 2.13. The van der Waals surface area contributed by atoms with Crippen LogP contribution < -0.4 is 0 Å². The predicted octanol–water partition coefficient (Wildman–Crippen LogP) is 6.64. The molecule has 0 saturated carbocycles. The van der Waals surface area contributed by atoms with E-state index in [1.54, 1.807) is 0 Å². The molecule has 0 aliphatic heterocycles. The van der Waals surface area contributed by atoms with Gasteiger partial charge in [0.05, 0.1) is 0 Å². The van der Waals surface area contributed by atoms with Gasteiger partial charge in [-0.25, -0.2) is 0 Å². The van der Waals surface area contributed by atoms with Crippen LogP contribution >= 0.6 is 11.3 Å². The summed E-state index contributed by atoms with van der Waals surface area (Å²) in [6.45, 7) is 8.53. The van der Waals surface area contributed by atoms with E-state index in [1.165, 1.54) is 32.0 Å². The summed E-state index contributed by atoms with van der Waals surface area (Å²) >= 11 is 1.84. The van der Waals surface area contributed by atoms with Crippen molar-refractivity contribution in [3.05, 3.63) is 70.3 Å². The van der Waals surface area contributed by atoms with Crippen molar-refractivity contribution in [1.82, 2.24) is 0 Å². The topological polar surface area (TPSA) is 17.1 Å². The van der Waals surface area contributed by atoms with E-state index in [4.69, 9.17) is 0 Å². The Labute approximate surface area is 154 Å². The van der Waals surface area contributed by atoms with E-state index >= 15 is 0 Å². The lowest BCUT2D eigenvalue weighted by atomic mass is 9.97. The van der Waals surface area contributed by atoms with Gasteiger partial charge in [-0.2, -0.15) is 0 Å². The van der Waals surface area contributed by atoms with Crippen LogP contribution in [0.25, 0.3) is 20.9 Å². The Morgan fingerprint density at radius 3 is 2.28 bits per heavy atom. The van der Waals surface area contributed by atoms with Gasteiger partial charge >= 0.3 is 0 Å². The summed E-state index contributed by atoms with van der Waals surface area (Å²) in [6, 6.07) is 15.3. The van der Waals surface area contributed by atoms with Gasteiger partial charge in [-0.05, 0) is 84.3 Å². The van der Waals surface area contributed by atoms with Crippen LogP contribution in [0.15, 0.2) is 42.5 Å². The summed E-state index contributed by atoms with van der Waals surface area (Å²) < 4.78 is 0. The molecule has 0 bridgehead atoms. The first-order chi connectivity index (χ1) is 12.1. The summed E-state index contributed by atoms with van der Waals surface area (Å²) in [5.74, 6) is 0. The van der Waals surface area contributed by atoms with Crippen LogP contribution in [0.4, 0.5) is 0 Å². The molecule has 0 fully saturated rings. The number of carbonyl (C=O) groups is 1. The monoisotopic (exact) mass is 348 g/mol. The minimum Gasteiger partial charge on any atom is -0.298 e. The van der Waals surface area contributed by atoms with E-state index in [2.05, 4.69) is 63.2 Å². The summed E-state index contributed by atoms with van der Waals surface area (Å²) in [4.78, 5) is 13.9. The van der Waals surface area contributed by atoms with Gasteiger partial charge in [-0.3, -0.25) is 4.79 Å². The number of aryl methyl sites for hydroxylation is 4. The fraction of sp³-hybridized carbons (Fsp3) is 0.261. The molecule has 1 aromatic heterocycles. The first-order valence-corrected chi connectivity index (χ1v) is 9.68. The van der Waals surface area contributed by atoms with E-state index in [0.717, 1.165) is 35.8 Å². The molecule has 25 heavy (non-hydrogen) atoms. The molecule has 128 valence electrons. The Bertz CT molecular complexity index is 918. The quantitative estimate of drug-likeness (QED) is 0.473. The zero-order valence-electron chi connectivity index (χ0n) is 15.3. The maximum atomic E-state index is 11.4. The molecular weight excluding hydrogens is 324 g/mol. The van der Waals surface area contributed by atoms with Crippen LogP contribution in [-0.2, 0) is 12.8 Å². The molecule has 2 heteroatoms. The van der Waals surface area contributed by atoms with Crippen LogP contribution in [0.2, 0.25) is 0 Å². The average Bonchev–Trinajstić information content (AvgIpc) is 3.10. The molecular formula is C23H24OS. The van der Waals surface area contributed by atoms with Gasteiger partial charge in [0.25, 0.3) is 0 Å². The number of aldehydes is 1. The first kappa shape index (κ1) is 17.6. The normalized spacial score (nSPS) is 10.9. The van der Waals surface area contributed by atoms with Gasteiger partial charge in [0.15, 0.2) is 6.29 Å². The molecule has 3 rings (SSSR count). The van der Waals surface area contributed by atoms with Gasteiger partial charge < -0.3 is 0 Å². The highest BCUT2D eigenvalue weighted by atomic mass is 32.1. The summed E-state index contributed by atoms with van der Waals surface area (Å²) in [5, 5.41) is 0. The molecule has 0 atom stereocenters. The van der Waals surface area contributed by atoms with Gasteiger partial charge in [-0.1, -0.05) is 32.0 Å². The number of hydrogen-bond acceptors (Lipinski definition) is 2. The molecule has 0 spiro atoms. The van der Waals surface area contributed by atoms with Crippen LogP contribution in [0, 0.1) is 13.8 Å². The largest absolute Gasteiger partial charge is 0.298 e. The van der Waals surface area contributed by atoms with Crippen molar-refractivity contribution in [3.8, 4) is 20.9 Å². The third-order valence-corrected chi connectivity index (χ3v) is 6.00. The van der Waals surface area contributed by atoms with Gasteiger partial charge in [0, 0.05) is 15.3 Å². The summed E-state index contributed by atoms with van der Waals surface area (Å²) in [7, 11) is 0. The maximum Gasteiger partial charge on any atom is 0.150 e. The first-order valence-electron chi connectivity index (χ1n) is 8.86. The second-order valence-corrected chi connectivity index (χ2v) is 7.55. The van der Waals surface area contributed by atoms with E-state index in [-0.39, 0.29) is 0 Å². The predicted molar refractivity (Wildman–Crippen MR) is 109 cm³/mol. The summed E-state index contributed by atoms with van der Waals surface area (Å²) in [6.07, 6.45) is 2.90. The van der Waals surface area contributed by atoms with Crippen molar-refractivity contribution in [2.45, 2.75) is 40.5 Å². The SMILES string of the molecule is CCc1cc(-c2ccc(-c3c(C)cccc3CC)s2)cc(C)c1C=O. The Kier molecular flexibility index (Phi) is 5.19. The number of hydrogen-bond donors (Lipinski definition) is 0. The Hall–Kier alpha value is -2.19. The zero-order valence-corrected chi connectivity index (χ0v) is 16.2. The third kappa shape index (κ3) is 3.32. The van der Waals surface area contributed by atoms with Gasteiger partial charge in [0.1, 0.15) is 0 Å². The smallest absolute Gasteiger partial charge is 0.150 e. The van der Waals surface area contributed by atoms with Crippen LogP contribution in [0.5, 0.6) is 0 Å². The Morgan fingerprint density at radius 2 is 1.60 bits per heavy atom. The summed E-state index contributed by atoms with van der Waals surface area (Å²) in [5.41, 5.74) is 8.34. The minimum absolute atomic E-state index is 0.843. The molecule has 3 aromatic rings. The molecule has 1 nitrogen and oxygen atoms in total. The van der Waals surface area contributed by atoms with Crippen molar-refractivity contribution < 1.29 is 4.79 Å². The number of carbonyl (C=O) groups excluding carboxylic acids is 1. The lowest BCUT2D eigenvalue weighted by molar-refractivity contribution is 0.112. The molecule has 0 aliphatic rings. The van der Waals surface area contributed by atoms with Crippen molar-refractivity contribution in [2.24, 2.45) is 0 Å². The fourth-order valence-corrected chi connectivity index (χ4v) is 4.62. The van der Waals surface area contributed by atoms with Crippen molar-refractivity contribution in [3.63, 3.8) is 0 Å². The van der Waals surface area contributed by atoms with Gasteiger partial charge in [-0.15, -0.1) is 11.3 Å². The second kappa shape index (κ2) is 7.37.